The molecule has 3 heteroatoms. The number of nitrogens with zero attached hydrogens (tertiary/aromatic N) is 1. The second-order valence-corrected chi connectivity index (χ2v) is 2.19. The molecule has 0 aromatic carbocycles. The summed E-state index contributed by atoms with van der Waals surface area (Å²) in [6.07, 6.45) is 1.65. The van der Waals surface area contributed by atoms with E-state index in [-0.39, 0.29) is 0 Å². The topological polar surface area (TPSA) is 64.9 Å². The highest BCUT2D eigenvalue weighted by Gasteiger charge is 1.97. The van der Waals surface area contributed by atoms with Crippen LogP contribution in [-0.4, -0.2) is 4.98 Å². The lowest BCUT2D eigenvalue weighted by Crippen LogP contribution is -2.02. The zero-order valence-electron chi connectivity index (χ0n) is 6.25. The second-order valence-electron chi connectivity index (χ2n) is 2.19. The van der Waals surface area contributed by atoms with Gasteiger partial charge in [0.05, 0.1) is 5.69 Å². The highest BCUT2D eigenvalue weighted by molar-refractivity contribution is 5.50. The summed E-state index contributed by atoms with van der Waals surface area (Å²) >= 11 is 0. The number of hydrogen-bond acceptors (Lipinski definition) is 3. The third-order valence-electron chi connectivity index (χ3n) is 1.45. The molecule has 0 atom stereocenters. The molecule has 0 aliphatic heterocycles. The van der Waals surface area contributed by atoms with Gasteiger partial charge in [0.25, 0.3) is 0 Å². The summed E-state index contributed by atoms with van der Waals surface area (Å²) in [6, 6.07) is 3.59. The van der Waals surface area contributed by atoms with Crippen molar-refractivity contribution in [3.05, 3.63) is 30.0 Å². The van der Waals surface area contributed by atoms with Crippen LogP contribution >= 0.6 is 0 Å². The van der Waals surface area contributed by atoms with Crippen LogP contribution in [0.3, 0.4) is 0 Å². The average molecular weight is 149 g/mol. The van der Waals surface area contributed by atoms with Crippen molar-refractivity contribution in [1.82, 2.24) is 4.98 Å². The summed E-state index contributed by atoms with van der Waals surface area (Å²) < 4.78 is 0. The van der Waals surface area contributed by atoms with Crippen molar-refractivity contribution >= 4 is 11.9 Å². The number of anilines is 1. The van der Waals surface area contributed by atoms with Crippen LogP contribution in [0.25, 0.3) is 6.08 Å². The average Bonchev–Trinajstić information content (AvgIpc) is 2.04. The van der Waals surface area contributed by atoms with Crippen molar-refractivity contribution in [2.45, 2.75) is 6.54 Å². The highest BCUT2D eigenvalue weighted by Crippen LogP contribution is 2.08. The molecule has 1 heterocycles. The summed E-state index contributed by atoms with van der Waals surface area (Å²) in [6.45, 7) is 4.07. The summed E-state index contributed by atoms with van der Waals surface area (Å²) in [5.74, 6) is 0.497. The van der Waals surface area contributed by atoms with Crippen LogP contribution in [0.1, 0.15) is 11.3 Å². The van der Waals surface area contributed by atoms with Crippen LogP contribution < -0.4 is 11.5 Å². The summed E-state index contributed by atoms with van der Waals surface area (Å²) in [4.78, 5) is 4.04. The first-order valence-electron chi connectivity index (χ1n) is 3.36. The van der Waals surface area contributed by atoms with Gasteiger partial charge in [-0.05, 0) is 17.7 Å². The Morgan fingerprint density at radius 2 is 2.27 bits per heavy atom. The Labute approximate surface area is 65.7 Å². The molecule has 0 saturated carbocycles. The van der Waals surface area contributed by atoms with Gasteiger partial charge in [0.2, 0.25) is 0 Å². The molecular weight excluding hydrogens is 138 g/mol. The van der Waals surface area contributed by atoms with Gasteiger partial charge in [-0.1, -0.05) is 12.6 Å². The lowest BCUT2D eigenvalue weighted by atomic mass is 10.2. The number of nitrogen functional groups attached to an aromatic ring is 1. The van der Waals surface area contributed by atoms with Gasteiger partial charge in [0.15, 0.2) is 0 Å². The van der Waals surface area contributed by atoms with Crippen molar-refractivity contribution in [3.63, 3.8) is 0 Å². The molecule has 0 bridgehead atoms. The van der Waals surface area contributed by atoms with Crippen LogP contribution in [0.2, 0.25) is 0 Å². The minimum atomic E-state index is 0.467. The van der Waals surface area contributed by atoms with E-state index in [1.807, 2.05) is 6.07 Å². The van der Waals surface area contributed by atoms with E-state index < -0.39 is 0 Å². The third-order valence-corrected chi connectivity index (χ3v) is 1.45. The van der Waals surface area contributed by atoms with Gasteiger partial charge < -0.3 is 11.5 Å². The summed E-state index contributed by atoms with van der Waals surface area (Å²) in [5, 5.41) is 0. The largest absolute Gasteiger partial charge is 0.384 e. The Kier molecular flexibility index (Phi) is 2.23. The minimum absolute atomic E-state index is 0.467. The molecule has 58 valence electrons. The van der Waals surface area contributed by atoms with Gasteiger partial charge in [0.1, 0.15) is 5.82 Å². The monoisotopic (exact) mass is 149 g/mol. The van der Waals surface area contributed by atoms with Crippen molar-refractivity contribution in [2.75, 3.05) is 5.73 Å². The molecule has 0 amide bonds. The molecule has 0 fully saturated rings. The van der Waals surface area contributed by atoms with Gasteiger partial charge in [-0.25, -0.2) is 4.98 Å². The summed E-state index contributed by atoms with van der Waals surface area (Å²) in [7, 11) is 0. The second kappa shape index (κ2) is 3.16. The van der Waals surface area contributed by atoms with E-state index in [0.717, 1.165) is 11.3 Å². The molecule has 1 aromatic rings. The van der Waals surface area contributed by atoms with E-state index in [2.05, 4.69) is 11.6 Å². The molecule has 0 saturated heterocycles. The number of hydrogen-bond donors (Lipinski definition) is 2. The molecule has 0 aliphatic rings. The quantitative estimate of drug-likeness (QED) is 0.652. The number of pyridine rings is 1. The van der Waals surface area contributed by atoms with Crippen LogP contribution in [0.4, 0.5) is 5.82 Å². The fraction of sp³-hybridized carbons (Fsp3) is 0.125. The van der Waals surface area contributed by atoms with E-state index >= 15 is 0 Å². The van der Waals surface area contributed by atoms with E-state index in [9.17, 15) is 0 Å². The van der Waals surface area contributed by atoms with Crippen LogP contribution in [0.5, 0.6) is 0 Å². The van der Waals surface area contributed by atoms with E-state index in [0.29, 0.717) is 12.4 Å². The van der Waals surface area contributed by atoms with Gasteiger partial charge in [-0.2, -0.15) is 0 Å². The molecular formula is C8H11N3. The van der Waals surface area contributed by atoms with Gasteiger partial charge >= 0.3 is 0 Å². The maximum Gasteiger partial charge on any atom is 0.124 e. The van der Waals surface area contributed by atoms with Gasteiger partial charge in [0, 0.05) is 6.54 Å². The number of nitrogens with two attached hydrogens (primary N) is 2. The molecule has 1 rings (SSSR count). The van der Waals surface area contributed by atoms with E-state index in [1.54, 1.807) is 12.1 Å². The number of rotatable bonds is 2. The molecule has 1 aromatic heterocycles. The van der Waals surface area contributed by atoms with Crippen LogP contribution in [-0.2, 0) is 6.54 Å². The van der Waals surface area contributed by atoms with Crippen molar-refractivity contribution in [2.24, 2.45) is 5.73 Å². The normalized spacial score (nSPS) is 9.55. The Morgan fingerprint density at radius 1 is 1.55 bits per heavy atom. The first-order chi connectivity index (χ1) is 5.27. The predicted octanol–water partition coefficient (Wildman–Crippen LogP) is 0.766. The van der Waals surface area contributed by atoms with Crippen molar-refractivity contribution in [3.8, 4) is 0 Å². The standard InChI is InChI=1S/C8H11N3/c1-2-7-6(5-9)3-4-8(10)11-7/h2-4H,1,5,9H2,(H2,10,11). The predicted molar refractivity (Wildman–Crippen MR) is 46.6 cm³/mol. The molecule has 3 nitrogen and oxygen atoms in total. The maximum absolute atomic E-state index is 5.46. The highest BCUT2D eigenvalue weighted by atomic mass is 14.8. The molecule has 0 radical (unpaired) electrons. The fourth-order valence-corrected chi connectivity index (χ4v) is 0.869. The SMILES string of the molecule is C=Cc1nc(N)ccc1CN. The lowest BCUT2D eigenvalue weighted by molar-refractivity contribution is 1.04. The van der Waals surface area contributed by atoms with Gasteiger partial charge in [-0.15, -0.1) is 0 Å². The smallest absolute Gasteiger partial charge is 0.124 e. The van der Waals surface area contributed by atoms with E-state index in [1.165, 1.54) is 0 Å². The summed E-state index contributed by atoms with van der Waals surface area (Å²) in [5.41, 5.74) is 12.6. The Hall–Kier alpha value is -1.35. The van der Waals surface area contributed by atoms with Crippen LogP contribution in [0, 0.1) is 0 Å². The maximum atomic E-state index is 5.46. The molecule has 0 spiro atoms. The Balaban J connectivity index is 3.16. The third kappa shape index (κ3) is 1.56. The number of aromatic nitrogens is 1. The van der Waals surface area contributed by atoms with Crippen LogP contribution in [0.15, 0.2) is 18.7 Å². The Morgan fingerprint density at radius 3 is 2.82 bits per heavy atom. The zero-order chi connectivity index (χ0) is 8.27. The lowest BCUT2D eigenvalue weighted by Gasteiger charge is -2.01. The van der Waals surface area contributed by atoms with Gasteiger partial charge in [-0.3, -0.25) is 0 Å². The van der Waals surface area contributed by atoms with E-state index in [4.69, 9.17) is 11.5 Å². The molecule has 4 N–H and O–H groups in total. The van der Waals surface area contributed by atoms with Crippen molar-refractivity contribution < 1.29 is 0 Å². The minimum Gasteiger partial charge on any atom is -0.384 e. The first kappa shape index (κ1) is 7.75. The molecule has 0 aliphatic carbocycles. The fourth-order valence-electron chi connectivity index (χ4n) is 0.869. The zero-order valence-corrected chi connectivity index (χ0v) is 6.25. The Bertz CT molecular complexity index is 268. The molecule has 0 unspecified atom stereocenters. The first-order valence-corrected chi connectivity index (χ1v) is 3.36. The molecule has 11 heavy (non-hydrogen) atoms. The van der Waals surface area contributed by atoms with Crippen molar-refractivity contribution in [1.29, 1.82) is 0 Å².